The monoisotopic (exact) mass is 832 g/mol. The molecule has 4 aromatic carbocycles. The van der Waals surface area contributed by atoms with Crippen LogP contribution in [0.4, 0.5) is 0 Å². The fraction of sp³-hybridized carbons (Fsp3) is 0.263. The molecule has 0 bridgehead atoms. The molecule has 9 heteroatoms. The molecule has 0 spiro atoms. The first-order valence-electron chi connectivity index (χ1n) is 15.9. The van der Waals surface area contributed by atoms with Crippen molar-refractivity contribution in [2.45, 2.75) is 52.6 Å². The second kappa shape index (κ2) is 17.0. The summed E-state index contributed by atoms with van der Waals surface area (Å²) in [6, 6.07) is 34.4. The molecule has 0 heterocycles. The van der Waals surface area contributed by atoms with Crippen molar-refractivity contribution >= 4 is 52.1 Å². The van der Waals surface area contributed by atoms with E-state index in [0.29, 0.717) is 30.2 Å². The third kappa shape index (κ3) is 9.84. The third-order valence-electron chi connectivity index (χ3n) is 7.50. The number of hydrogen-bond donors (Lipinski definition) is 2. The molecule has 244 valence electrons. The van der Waals surface area contributed by atoms with Gasteiger partial charge in [-0.15, -0.1) is 0 Å². The van der Waals surface area contributed by atoms with Gasteiger partial charge in [0.25, 0.3) is 0 Å². The zero-order valence-corrected chi connectivity index (χ0v) is 31.2. The van der Waals surface area contributed by atoms with Gasteiger partial charge in [-0.1, -0.05) is 0 Å². The average Bonchev–Trinajstić information content (AvgIpc) is 3.08. The number of rotatable bonds is 14. The van der Waals surface area contributed by atoms with Crippen LogP contribution in [0, 0.1) is 11.8 Å². The molecule has 47 heavy (non-hydrogen) atoms. The molecule has 0 saturated carbocycles. The van der Waals surface area contributed by atoms with Crippen molar-refractivity contribution < 1.29 is 24.6 Å². The van der Waals surface area contributed by atoms with Crippen LogP contribution in [0.1, 0.15) is 61.3 Å². The summed E-state index contributed by atoms with van der Waals surface area (Å²) in [5, 5.41) is 5.88. The second-order valence-corrected chi connectivity index (χ2v) is 23.1. The Balaban J connectivity index is 1.75. The number of benzene rings is 4. The first-order chi connectivity index (χ1) is 22.6. The molecule has 0 fully saturated rings. The van der Waals surface area contributed by atoms with Gasteiger partial charge >= 0.3 is 284 Å². The van der Waals surface area contributed by atoms with Gasteiger partial charge in [-0.3, -0.25) is 0 Å². The molecule has 0 aliphatic carbocycles. The Kier molecular flexibility index (Phi) is 12.9. The number of nitrogens with one attached hydrogen (secondary N) is 2. The molecule has 4 rings (SSSR count). The van der Waals surface area contributed by atoms with E-state index >= 15 is 0 Å². The molecule has 8 nitrogen and oxygen atoms in total. The Hall–Kier alpha value is -4.32. The summed E-state index contributed by atoms with van der Waals surface area (Å²) >= 11 is -5.31. The molecule has 4 aromatic rings. The topological polar surface area (TPSA) is 119 Å². The normalized spacial score (nSPS) is 12.6. The number of carbonyl (C=O) groups is 2. The van der Waals surface area contributed by atoms with Crippen molar-refractivity contribution in [2.24, 2.45) is 11.8 Å². The van der Waals surface area contributed by atoms with E-state index < -0.39 is 46.1 Å². The SMILES string of the molecule is CC(C)CC(NC(=O)c1ccccc1)C(=[OH+])[O][Pb]([O]C(=[OH+])C(CC(C)C)NC(=O)c1ccccc1)([c]1ccccc1)[c]1ccccc1. The fourth-order valence-electron chi connectivity index (χ4n) is 5.22. The van der Waals surface area contributed by atoms with E-state index in [1.165, 1.54) is 0 Å². The third-order valence-corrected chi connectivity index (χ3v) is 19.9. The Labute approximate surface area is 282 Å². The standard InChI is InChI=1S/2C13H17NO3.2C6H5.Pb/c2*1-9(2)8-11(13(16)17)14-12(15)10-6-4-3-5-7-10;2*1-2-4-6-5-3-1;/h2*3-7,9,11H,8H2,1-2H3,(H,14,15)(H,16,17);2*1-5H;/q;;;;+2. The summed E-state index contributed by atoms with van der Waals surface area (Å²) < 4.78 is 14.7. The molecule has 0 aliphatic rings. The Morgan fingerprint density at radius 3 is 1.15 bits per heavy atom. The molecule has 0 radical (unpaired) electrons. The Morgan fingerprint density at radius 2 is 0.851 bits per heavy atom. The van der Waals surface area contributed by atoms with Gasteiger partial charge in [-0.25, -0.2) is 0 Å². The summed E-state index contributed by atoms with van der Waals surface area (Å²) in [5.74, 6) is -1.34. The van der Waals surface area contributed by atoms with Crippen LogP contribution in [0.2, 0.25) is 0 Å². The van der Waals surface area contributed by atoms with Crippen LogP contribution >= 0.6 is 0 Å². The predicted octanol–water partition coefficient (Wildman–Crippen LogP) is 4.97. The van der Waals surface area contributed by atoms with Gasteiger partial charge in [0, 0.05) is 0 Å². The van der Waals surface area contributed by atoms with Crippen LogP contribution in [0.3, 0.4) is 0 Å². The zero-order valence-electron chi connectivity index (χ0n) is 27.3. The Morgan fingerprint density at radius 1 is 0.553 bits per heavy atom. The van der Waals surface area contributed by atoms with Gasteiger partial charge in [0.05, 0.1) is 0 Å². The second-order valence-electron chi connectivity index (χ2n) is 12.3. The maximum absolute atomic E-state index is 13.2. The molecule has 2 atom stereocenters. The number of hydrogen-bond acceptors (Lipinski definition) is 4. The summed E-state index contributed by atoms with van der Waals surface area (Å²) in [6.45, 7) is 7.96. The Bertz CT molecular complexity index is 1490. The van der Waals surface area contributed by atoms with Gasteiger partial charge in [-0.2, -0.15) is 0 Å². The van der Waals surface area contributed by atoms with Crippen molar-refractivity contribution in [3.05, 3.63) is 132 Å². The number of amides is 2. The predicted molar refractivity (Wildman–Crippen MR) is 188 cm³/mol. The molecule has 0 aliphatic heterocycles. The summed E-state index contributed by atoms with van der Waals surface area (Å²) in [4.78, 5) is 50.1. The number of carbonyl (C=O) groups excluding carboxylic acids is 4. The molecule has 2 amide bonds. The van der Waals surface area contributed by atoms with Crippen molar-refractivity contribution in [2.75, 3.05) is 0 Å². The van der Waals surface area contributed by atoms with Crippen molar-refractivity contribution in [3.8, 4) is 0 Å². The summed E-state index contributed by atoms with van der Waals surface area (Å²) in [6.07, 6.45) is 0.771. The van der Waals surface area contributed by atoms with E-state index in [0.717, 1.165) is 0 Å². The summed E-state index contributed by atoms with van der Waals surface area (Å²) in [7, 11) is 0. The molecular weight excluding hydrogens is 788 g/mol. The molecular formula is C38H44N2O6Pb+2. The molecule has 4 N–H and O–H groups in total. The van der Waals surface area contributed by atoms with Crippen molar-refractivity contribution in [1.82, 2.24) is 10.6 Å². The van der Waals surface area contributed by atoms with Crippen LogP contribution < -0.4 is 16.9 Å². The maximum atomic E-state index is 13.2. The van der Waals surface area contributed by atoms with E-state index in [-0.39, 0.29) is 23.7 Å². The minimum atomic E-state index is -5.31. The van der Waals surface area contributed by atoms with Gasteiger partial charge < -0.3 is 0 Å². The van der Waals surface area contributed by atoms with Gasteiger partial charge in [0.2, 0.25) is 0 Å². The van der Waals surface area contributed by atoms with Gasteiger partial charge in [-0.05, 0) is 0 Å². The van der Waals surface area contributed by atoms with Crippen LogP contribution in [-0.4, -0.2) is 67.5 Å². The van der Waals surface area contributed by atoms with E-state index in [2.05, 4.69) is 10.6 Å². The minimum absolute atomic E-state index is 0.0887. The van der Waals surface area contributed by atoms with E-state index in [1.807, 2.05) is 100 Å². The van der Waals surface area contributed by atoms with Crippen molar-refractivity contribution in [3.63, 3.8) is 0 Å². The van der Waals surface area contributed by atoms with Crippen LogP contribution in [0.5, 0.6) is 0 Å². The zero-order chi connectivity index (χ0) is 33.8. The molecule has 0 aromatic heterocycles. The molecule has 2 unspecified atom stereocenters. The first kappa shape index (κ1) is 35.5. The van der Waals surface area contributed by atoms with E-state index in [4.69, 9.17) is 5.37 Å². The van der Waals surface area contributed by atoms with Gasteiger partial charge in [0.15, 0.2) is 0 Å². The molecule has 0 saturated heterocycles. The average molecular weight is 832 g/mol. The van der Waals surface area contributed by atoms with Crippen LogP contribution in [0.25, 0.3) is 0 Å². The van der Waals surface area contributed by atoms with E-state index in [9.17, 15) is 19.2 Å². The first-order valence-corrected chi connectivity index (χ1v) is 23.0. The van der Waals surface area contributed by atoms with Crippen molar-refractivity contribution in [1.29, 1.82) is 0 Å². The fourth-order valence-corrected chi connectivity index (χ4v) is 16.8. The van der Waals surface area contributed by atoms with E-state index in [1.54, 1.807) is 48.5 Å². The summed E-state index contributed by atoms with van der Waals surface area (Å²) in [5.41, 5.74) is 0.896. The quantitative estimate of drug-likeness (QED) is 0.138. The van der Waals surface area contributed by atoms with Gasteiger partial charge in [0.1, 0.15) is 0 Å². The van der Waals surface area contributed by atoms with Crippen LogP contribution in [0.15, 0.2) is 121 Å². The van der Waals surface area contributed by atoms with Crippen LogP contribution in [-0.2, 0) is 5.37 Å².